The molecule has 36 heavy (non-hydrogen) atoms. The summed E-state index contributed by atoms with van der Waals surface area (Å²) in [4.78, 5) is 29.2. The molecule has 1 aliphatic heterocycles. The predicted molar refractivity (Wildman–Crippen MR) is 132 cm³/mol. The standard InChI is InChI=1S/C23H27N7O5S/c1-28(2)36(33,34)17-6-4-16(5-7-17)26-21-20-19(9-12-25-22(20)31)30(27-21)18-10-13-29(23(32)35-3)14-15(18)8-11-24/h4-7,9,12,15,18H,8,10,13-14H2,1-3H3,(H,25,31)(H,26,27). The predicted octanol–water partition coefficient (Wildman–Crippen LogP) is 2.26. The van der Waals surface area contributed by atoms with Crippen LogP contribution in [0.5, 0.6) is 0 Å². The maximum Gasteiger partial charge on any atom is 0.409 e. The van der Waals surface area contributed by atoms with Crippen LogP contribution in [-0.4, -0.2) is 72.8 Å². The highest BCUT2D eigenvalue weighted by Gasteiger charge is 2.35. The number of aromatic amines is 1. The smallest absolute Gasteiger partial charge is 0.409 e. The fourth-order valence-electron chi connectivity index (χ4n) is 4.45. The van der Waals surface area contributed by atoms with E-state index in [1.807, 2.05) is 0 Å². The van der Waals surface area contributed by atoms with Crippen LogP contribution < -0.4 is 10.9 Å². The first kappa shape index (κ1) is 25.2. The summed E-state index contributed by atoms with van der Waals surface area (Å²) in [6.07, 6.45) is 1.82. The van der Waals surface area contributed by atoms with Crippen molar-refractivity contribution in [2.24, 2.45) is 5.92 Å². The molecule has 2 N–H and O–H groups in total. The number of nitrogens with zero attached hydrogens (tertiary/aromatic N) is 5. The summed E-state index contributed by atoms with van der Waals surface area (Å²) in [7, 11) is 0.666. The van der Waals surface area contributed by atoms with Gasteiger partial charge in [-0.15, -0.1) is 0 Å². The molecule has 1 aromatic carbocycles. The van der Waals surface area contributed by atoms with Gasteiger partial charge in [0.2, 0.25) is 10.0 Å². The van der Waals surface area contributed by atoms with E-state index in [-0.39, 0.29) is 28.8 Å². The second-order valence-electron chi connectivity index (χ2n) is 8.69. The molecule has 4 rings (SSSR count). The second-order valence-corrected chi connectivity index (χ2v) is 10.8. The Morgan fingerprint density at radius 3 is 2.67 bits per heavy atom. The van der Waals surface area contributed by atoms with E-state index in [2.05, 4.69) is 16.4 Å². The molecule has 13 heteroatoms. The SMILES string of the molecule is COC(=O)N1CCC(n2nc(Nc3ccc(S(=O)(=O)N(C)C)cc3)c3c(=O)[nH]ccc32)C(CC#N)C1. The molecule has 0 radical (unpaired) electrons. The average Bonchev–Trinajstić information content (AvgIpc) is 3.23. The van der Waals surface area contributed by atoms with Crippen LogP contribution in [0.4, 0.5) is 16.3 Å². The lowest BCUT2D eigenvalue weighted by molar-refractivity contribution is 0.0840. The summed E-state index contributed by atoms with van der Waals surface area (Å²) in [5, 5.41) is 17.6. The first-order valence-electron chi connectivity index (χ1n) is 11.3. The number of benzene rings is 1. The Bertz CT molecular complexity index is 1470. The minimum absolute atomic E-state index is 0.142. The third-order valence-corrected chi connectivity index (χ3v) is 8.15. The summed E-state index contributed by atoms with van der Waals surface area (Å²) >= 11 is 0. The van der Waals surface area contributed by atoms with Gasteiger partial charge < -0.3 is 19.9 Å². The van der Waals surface area contributed by atoms with E-state index >= 15 is 0 Å². The van der Waals surface area contributed by atoms with Crippen molar-refractivity contribution < 1.29 is 17.9 Å². The molecule has 1 aliphatic rings. The zero-order valence-electron chi connectivity index (χ0n) is 20.1. The molecule has 12 nitrogen and oxygen atoms in total. The van der Waals surface area contributed by atoms with Crippen molar-refractivity contribution >= 4 is 38.5 Å². The van der Waals surface area contributed by atoms with Gasteiger partial charge in [0.1, 0.15) is 5.39 Å². The summed E-state index contributed by atoms with van der Waals surface area (Å²) in [5.74, 6) is 0.0924. The van der Waals surface area contributed by atoms with Gasteiger partial charge in [-0.1, -0.05) is 0 Å². The summed E-state index contributed by atoms with van der Waals surface area (Å²) < 4.78 is 32.4. The summed E-state index contributed by atoms with van der Waals surface area (Å²) in [5.41, 5.74) is 0.806. The number of anilines is 2. The molecule has 2 aromatic heterocycles. The number of pyridine rings is 1. The lowest BCUT2D eigenvalue weighted by atomic mass is 9.90. The van der Waals surface area contributed by atoms with E-state index < -0.39 is 16.1 Å². The van der Waals surface area contributed by atoms with E-state index in [1.165, 1.54) is 39.5 Å². The first-order chi connectivity index (χ1) is 17.2. The number of ether oxygens (including phenoxy) is 1. The van der Waals surface area contributed by atoms with Crippen molar-refractivity contribution in [3.63, 3.8) is 0 Å². The van der Waals surface area contributed by atoms with Crippen molar-refractivity contribution in [1.82, 2.24) is 24.0 Å². The van der Waals surface area contributed by atoms with Gasteiger partial charge in [0, 0.05) is 51.4 Å². The molecular formula is C23H27N7O5S. The molecule has 1 fully saturated rings. The molecule has 3 aromatic rings. The molecule has 0 aliphatic carbocycles. The van der Waals surface area contributed by atoms with Gasteiger partial charge in [0.05, 0.1) is 29.6 Å². The largest absolute Gasteiger partial charge is 0.453 e. The third kappa shape index (κ3) is 4.65. The Morgan fingerprint density at radius 2 is 2.03 bits per heavy atom. The van der Waals surface area contributed by atoms with Gasteiger partial charge in [-0.3, -0.25) is 9.48 Å². The van der Waals surface area contributed by atoms with Gasteiger partial charge in [-0.25, -0.2) is 17.5 Å². The van der Waals surface area contributed by atoms with Crippen LogP contribution in [0.3, 0.4) is 0 Å². The highest BCUT2D eigenvalue weighted by atomic mass is 32.2. The Labute approximate surface area is 208 Å². The number of fused-ring (bicyclic) bond motifs is 1. The molecular weight excluding hydrogens is 486 g/mol. The third-order valence-electron chi connectivity index (χ3n) is 6.32. The number of piperidine rings is 1. The second kappa shape index (κ2) is 10.00. The quantitative estimate of drug-likeness (QED) is 0.509. The van der Waals surface area contributed by atoms with E-state index in [1.54, 1.807) is 27.8 Å². The maximum absolute atomic E-state index is 12.8. The Balaban J connectivity index is 1.70. The molecule has 2 unspecified atom stereocenters. The maximum atomic E-state index is 12.8. The minimum Gasteiger partial charge on any atom is -0.453 e. The number of likely N-dealkylation sites (tertiary alicyclic amines) is 1. The van der Waals surface area contributed by atoms with Crippen LogP contribution in [0.25, 0.3) is 10.9 Å². The number of sulfonamides is 1. The zero-order chi connectivity index (χ0) is 26.0. The van der Waals surface area contributed by atoms with Crippen molar-refractivity contribution in [3.8, 4) is 6.07 Å². The molecule has 3 heterocycles. The number of nitrogens with one attached hydrogen (secondary N) is 2. The van der Waals surface area contributed by atoms with Crippen molar-refractivity contribution in [3.05, 3.63) is 46.9 Å². The Morgan fingerprint density at radius 1 is 1.31 bits per heavy atom. The number of hydrogen-bond donors (Lipinski definition) is 2. The van der Waals surface area contributed by atoms with Crippen LogP contribution in [0.2, 0.25) is 0 Å². The fourth-order valence-corrected chi connectivity index (χ4v) is 5.35. The normalized spacial score (nSPS) is 18.2. The topological polar surface area (TPSA) is 153 Å². The molecule has 1 saturated heterocycles. The lowest BCUT2D eigenvalue weighted by Gasteiger charge is -2.37. The fraction of sp³-hybridized carbons (Fsp3) is 0.391. The first-order valence-corrected chi connectivity index (χ1v) is 12.7. The number of carbonyl (C=O) groups is 1. The number of rotatable bonds is 6. The highest BCUT2D eigenvalue weighted by molar-refractivity contribution is 7.89. The number of nitriles is 1. The van der Waals surface area contributed by atoms with Gasteiger partial charge in [0.15, 0.2) is 5.82 Å². The van der Waals surface area contributed by atoms with Crippen molar-refractivity contribution in [2.45, 2.75) is 23.8 Å². The molecule has 0 saturated carbocycles. The van der Waals surface area contributed by atoms with Crippen molar-refractivity contribution in [2.75, 3.05) is 39.6 Å². The van der Waals surface area contributed by atoms with Crippen LogP contribution in [0, 0.1) is 17.2 Å². The minimum atomic E-state index is -3.58. The van der Waals surface area contributed by atoms with E-state index in [0.29, 0.717) is 41.9 Å². The van der Waals surface area contributed by atoms with Crippen LogP contribution in [0.1, 0.15) is 18.9 Å². The van der Waals surface area contributed by atoms with Gasteiger partial charge in [0.25, 0.3) is 5.56 Å². The number of amides is 1. The van der Waals surface area contributed by atoms with Gasteiger partial charge in [-0.05, 0) is 36.8 Å². The molecule has 2 atom stereocenters. The lowest BCUT2D eigenvalue weighted by Crippen LogP contribution is -2.44. The Hall–Kier alpha value is -3.89. The van der Waals surface area contributed by atoms with Gasteiger partial charge in [-0.2, -0.15) is 10.4 Å². The average molecular weight is 514 g/mol. The number of methoxy groups -OCH3 is 1. The zero-order valence-corrected chi connectivity index (χ0v) is 20.9. The summed E-state index contributed by atoms with van der Waals surface area (Å²) in [6.45, 7) is 0.758. The molecule has 1 amide bonds. The van der Waals surface area contributed by atoms with Crippen LogP contribution in [0.15, 0.2) is 46.2 Å². The summed E-state index contributed by atoms with van der Waals surface area (Å²) in [6, 6.07) is 9.88. The van der Waals surface area contributed by atoms with Crippen LogP contribution >= 0.6 is 0 Å². The van der Waals surface area contributed by atoms with Crippen LogP contribution in [-0.2, 0) is 14.8 Å². The van der Waals surface area contributed by atoms with Crippen molar-refractivity contribution in [1.29, 1.82) is 5.26 Å². The van der Waals surface area contributed by atoms with E-state index in [0.717, 1.165) is 4.31 Å². The number of H-pyrrole nitrogens is 1. The molecule has 0 bridgehead atoms. The molecule has 190 valence electrons. The number of hydrogen-bond acceptors (Lipinski definition) is 8. The van der Waals surface area contributed by atoms with E-state index in [4.69, 9.17) is 9.84 Å². The van der Waals surface area contributed by atoms with Gasteiger partial charge >= 0.3 is 6.09 Å². The number of carbonyl (C=O) groups excluding carboxylic acids is 1. The number of aromatic nitrogens is 3. The highest BCUT2D eigenvalue weighted by Crippen LogP contribution is 2.35. The van der Waals surface area contributed by atoms with E-state index in [9.17, 15) is 23.3 Å². The Kier molecular flexibility index (Phi) is 7.00. The molecule has 0 spiro atoms. The monoisotopic (exact) mass is 513 g/mol.